The standard InChI is InChI=1S/C8H4O3.C4H4O4.C2H6O2/c9-7-5-3-1-2-4-6(5)8(10)11-7;5-2-1-3(6)8-4(2)7;3-1-2-4/h1-4H;2,5H,1H2;3-4H,1-2H2. The number of carbonyl (C=O) groups is 4. The van der Waals surface area contributed by atoms with Crippen molar-refractivity contribution in [2.45, 2.75) is 12.5 Å². The summed E-state index contributed by atoms with van der Waals surface area (Å²) in [6.07, 6.45) is -1.42. The molecule has 0 aliphatic carbocycles. The van der Waals surface area contributed by atoms with Gasteiger partial charge in [-0.2, -0.15) is 0 Å². The van der Waals surface area contributed by atoms with E-state index >= 15 is 0 Å². The lowest BCUT2D eigenvalue weighted by Crippen LogP contribution is -2.11. The van der Waals surface area contributed by atoms with Gasteiger partial charge in [-0.1, -0.05) is 12.1 Å². The summed E-state index contributed by atoms with van der Waals surface area (Å²) in [5.74, 6) is -2.59. The van der Waals surface area contributed by atoms with Crippen molar-refractivity contribution in [1.82, 2.24) is 0 Å². The highest BCUT2D eigenvalue weighted by atomic mass is 16.6. The van der Waals surface area contributed by atoms with Crippen LogP contribution in [0.2, 0.25) is 0 Å². The number of esters is 4. The molecule has 0 bridgehead atoms. The number of aliphatic hydroxyl groups is 3. The van der Waals surface area contributed by atoms with Crippen LogP contribution in [0.1, 0.15) is 27.1 Å². The Balaban J connectivity index is 0.000000194. The van der Waals surface area contributed by atoms with Crippen LogP contribution >= 0.6 is 0 Å². The van der Waals surface area contributed by atoms with E-state index in [1.54, 1.807) is 24.3 Å². The monoisotopic (exact) mass is 326 g/mol. The first-order valence-electron chi connectivity index (χ1n) is 6.40. The number of cyclic esters (lactones) is 4. The van der Waals surface area contributed by atoms with Crippen LogP contribution in [0, 0.1) is 0 Å². The molecule has 1 aromatic rings. The van der Waals surface area contributed by atoms with Crippen molar-refractivity contribution >= 4 is 23.9 Å². The highest BCUT2D eigenvalue weighted by Gasteiger charge is 2.31. The molecule has 3 N–H and O–H groups in total. The van der Waals surface area contributed by atoms with Gasteiger partial charge >= 0.3 is 23.9 Å². The largest absolute Gasteiger partial charge is 0.394 e. The Labute approximate surface area is 130 Å². The fourth-order valence-electron chi connectivity index (χ4n) is 1.50. The van der Waals surface area contributed by atoms with E-state index in [4.69, 9.17) is 15.3 Å². The Morgan fingerprint density at radius 3 is 1.65 bits per heavy atom. The molecule has 2 aliphatic heterocycles. The minimum Gasteiger partial charge on any atom is -0.394 e. The van der Waals surface area contributed by atoms with E-state index in [2.05, 4.69) is 9.47 Å². The number of fused-ring (bicyclic) bond motifs is 1. The molecule has 0 amide bonds. The van der Waals surface area contributed by atoms with Gasteiger partial charge in [-0.15, -0.1) is 0 Å². The van der Waals surface area contributed by atoms with Crippen molar-refractivity contribution in [3.8, 4) is 0 Å². The van der Waals surface area contributed by atoms with Crippen LogP contribution in [-0.4, -0.2) is 58.5 Å². The quantitative estimate of drug-likeness (QED) is 0.427. The van der Waals surface area contributed by atoms with Crippen molar-refractivity contribution in [3.63, 3.8) is 0 Å². The fraction of sp³-hybridized carbons (Fsp3) is 0.286. The average molecular weight is 326 g/mol. The summed E-state index contributed by atoms with van der Waals surface area (Å²) in [4.78, 5) is 41.8. The summed E-state index contributed by atoms with van der Waals surface area (Å²) in [6, 6.07) is 6.53. The SMILES string of the molecule is O=C1CC(O)C(=O)O1.O=C1OC(=O)c2ccccc21.OCCO. The zero-order valence-corrected chi connectivity index (χ0v) is 11.8. The van der Waals surface area contributed by atoms with E-state index in [-0.39, 0.29) is 19.6 Å². The minimum absolute atomic E-state index is 0.125. The summed E-state index contributed by atoms with van der Waals surface area (Å²) in [5.41, 5.74) is 0.718. The number of hydrogen-bond acceptors (Lipinski definition) is 9. The molecular weight excluding hydrogens is 312 g/mol. The number of ether oxygens (including phenoxy) is 2. The second-order valence-electron chi connectivity index (χ2n) is 4.18. The summed E-state index contributed by atoms with van der Waals surface area (Å²) >= 11 is 0. The third-order valence-electron chi connectivity index (χ3n) is 2.50. The zero-order chi connectivity index (χ0) is 17.4. The molecule has 1 fully saturated rings. The third kappa shape index (κ3) is 5.25. The summed E-state index contributed by atoms with van der Waals surface area (Å²) < 4.78 is 8.30. The zero-order valence-electron chi connectivity index (χ0n) is 11.8. The number of rotatable bonds is 1. The van der Waals surface area contributed by atoms with Crippen LogP contribution in [0.5, 0.6) is 0 Å². The van der Waals surface area contributed by atoms with Gasteiger partial charge in [0.2, 0.25) is 0 Å². The van der Waals surface area contributed by atoms with Crippen LogP contribution in [-0.2, 0) is 19.1 Å². The molecule has 1 unspecified atom stereocenters. The highest BCUT2D eigenvalue weighted by Crippen LogP contribution is 2.18. The lowest BCUT2D eigenvalue weighted by Gasteiger charge is -1.86. The summed E-state index contributed by atoms with van der Waals surface area (Å²) in [6.45, 7) is -0.250. The maximum atomic E-state index is 10.8. The Hall–Kier alpha value is -2.62. The molecule has 9 heteroatoms. The second-order valence-corrected chi connectivity index (χ2v) is 4.18. The van der Waals surface area contributed by atoms with E-state index < -0.39 is 30.0 Å². The fourth-order valence-corrected chi connectivity index (χ4v) is 1.50. The molecule has 0 radical (unpaired) electrons. The van der Waals surface area contributed by atoms with E-state index in [9.17, 15) is 19.2 Å². The smallest absolute Gasteiger partial charge is 0.346 e. The van der Waals surface area contributed by atoms with Gasteiger partial charge in [0.1, 0.15) is 0 Å². The molecule has 0 aromatic heterocycles. The molecule has 2 heterocycles. The summed E-state index contributed by atoms with van der Waals surface area (Å²) in [5, 5.41) is 23.7. The Morgan fingerprint density at radius 1 is 0.913 bits per heavy atom. The average Bonchev–Trinajstić information content (AvgIpc) is 2.99. The first-order valence-corrected chi connectivity index (χ1v) is 6.40. The van der Waals surface area contributed by atoms with Crippen molar-refractivity contribution in [1.29, 1.82) is 0 Å². The normalized spacial score (nSPS) is 18.1. The molecule has 1 aromatic carbocycles. The molecule has 1 saturated heterocycles. The van der Waals surface area contributed by atoms with Gasteiger partial charge in [0.05, 0.1) is 30.8 Å². The Morgan fingerprint density at radius 2 is 1.39 bits per heavy atom. The maximum Gasteiger partial charge on any atom is 0.346 e. The van der Waals surface area contributed by atoms with Crippen molar-refractivity contribution in [2.24, 2.45) is 0 Å². The summed E-state index contributed by atoms with van der Waals surface area (Å²) in [7, 11) is 0. The van der Waals surface area contributed by atoms with Gasteiger partial charge in [-0.3, -0.25) is 4.79 Å². The van der Waals surface area contributed by atoms with Gasteiger partial charge in [0, 0.05) is 0 Å². The Bertz CT molecular complexity index is 573. The van der Waals surface area contributed by atoms with Crippen LogP contribution in [0.15, 0.2) is 24.3 Å². The van der Waals surface area contributed by atoms with Gasteiger partial charge in [0.15, 0.2) is 6.10 Å². The van der Waals surface area contributed by atoms with Gasteiger partial charge in [-0.25, -0.2) is 14.4 Å². The molecule has 0 saturated carbocycles. The second kappa shape index (κ2) is 8.73. The van der Waals surface area contributed by atoms with Gasteiger partial charge in [0.25, 0.3) is 0 Å². The highest BCUT2D eigenvalue weighted by molar-refractivity contribution is 6.14. The van der Waals surface area contributed by atoms with E-state index in [1.807, 2.05) is 0 Å². The van der Waals surface area contributed by atoms with Crippen LogP contribution in [0.4, 0.5) is 0 Å². The van der Waals surface area contributed by atoms with Crippen LogP contribution in [0.3, 0.4) is 0 Å². The van der Waals surface area contributed by atoms with Gasteiger partial charge in [-0.05, 0) is 12.1 Å². The molecule has 2 aliphatic rings. The molecule has 1 atom stereocenters. The molecule has 124 valence electrons. The van der Waals surface area contributed by atoms with Crippen molar-refractivity contribution < 1.29 is 44.0 Å². The third-order valence-corrected chi connectivity index (χ3v) is 2.50. The molecular formula is C14H14O9. The first-order chi connectivity index (χ1) is 10.9. The molecule has 3 rings (SSSR count). The van der Waals surface area contributed by atoms with Gasteiger partial charge < -0.3 is 24.8 Å². The predicted molar refractivity (Wildman–Crippen MR) is 72.1 cm³/mol. The Kier molecular flexibility index (Phi) is 7.00. The molecule has 9 nitrogen and oxygen atoms in total. The number of benzene rings is 1. The van der Waals surface area contributed by atoms with E-state index in [0.29, 0.717) is 11.1 Å². The van der Waals surface area contributed by atoms with Crippen molar-refractivity contribution in [3.05, 3.63) is 35.4 Å². The number of aliphatic hydroxyl groups excluding tert-OH is 3. The maximum absolute atomic E-state index is 10.8. The number of hydrogen-bond donors (Lipinski definition) is 3. The van der Waals surface area contributed by atoms with Crippen LogP contribution < -0.4 is 0 Å². The first kappa shape index (κ1) is 18.4. The van der Waals surface area contributed by atoms with E-state index in [1.165, 1.54) is 0 Å². The molecule has 23 heavy (non-hydrogen) atoms. The lowest BCUT2D eigenvalue weighted by atomic mass is 10.1. The lowest BCUT2D eigenvalue weighted by molar-refractivity contribution is -0.154. The van der Waals surface area contributed by atoms with E-state index in [0.717, 1.165) is 0 Å². The van der Waals surface area contributed by atoms with Crippen LogP contribution in [0.25, 0.3) is 0 Å². The molecule has 0 spiro atoms. The number of carbonyl (C=O) groups excluding carboxylic acids is 4. The predicted octanol–water partition coefficient (Wildman–Crippen LogP) is -1.21. The van der Waals surface area contributed by atoms with Crippen molar-refractivity contribution in [2.75, 3.05) is 13.2 Å². The minimum atomic E-state index is -1.22. The topological polar surface area (TPSA) is 147 Å².